The second kappa shape index (κ2) is 3.99. The van der Waals surface area contributed by atoms with Gasteiger partial charge in [-0.3, -0.25) is 0 Å². The van der Waals surface area contributed by atoms with Crippen LogP contribution in [0.25, 0.3) is 0 Å². The van der Waals surface area contributed by atoms with Gasteiger partial charge in [0, 0.05) is 0 Å². The molecule has 1 saturated carbocycles. The van der Waals surface area contributed by atoms with E-state index in [1.165, 1.54) is 12.8 Å². The van der Waals surface area contributed by atoms with Crippen molar-refractivity contribution in [1.82, 2.24) is 4.90 Å². The van der Waals surface area contributed by atoms with Crippen molar-refractivity contribution in [2.24, 2.45) is 0 Å². The van der Waals surface area contributed by atoms with E-state index in [1.807, 2.05) is 26.2 Å². The van der Waals surface area contributed by atoms with E-state index in [4.69, 9.17) is 4.42 Å². The van der Waals surface area contributed by atoms with Crippen LogP contribution in [0.5, 0.6) is 0 Å². The molecule has 84 valence electrons. The van der Waals surface area contributed by atoms with Gasteiger partial charge in [0.05, 0.1) is 11.8 Å². The van der Waals surface area contributed by atoms with E-state index in [-0.39, 0.29) is 5.54 Å². The Morgan fingerprint density at radius 2 is 2.07 bits per heavy atom. The molecular formula is C12H19NO2. The normalized spacial score (nSPS) is 22.1. The van der Waals surface area contributed by atoms with E-state index in [0.29, 0.717) is 5.76 Å². The largest absolute Gasteiger partial charge is 0.467 e. The Hall–Kier alpha value is -0.800. The molecule has 1 heterocycles. The van der Waals surface area contributed by atoms with Gasteiger partial charge >= 0.3 is 0 Å². The van der Waals surface area contributed by atoms with Gasteiger partial charge in [0.1, 0.15) is 11.9 Å². The highest BCUT2D eigenvalue weighted by molar-refractivity contribution is 5.11. The molecule has 0 bridgehead atoms. The fourth-order valence-corrected chi connectivity index (χ4v) is 2.66. The fraction of sp³-hybridized carbons (Fsp3) is 0.667. The third-order valence-electron chi connectivity index (χ3n) is 3.68. The van der Waals surface area contributed by atoms with E-state index in [0.717, 1.165) is 12.8 Å². The molecule has 1 aromatic rings. The zero-order valence-corrected chi connectivity index (χ0v) is 9.44. The monoisotopic (exact) mass is 209 g/mol. The third-order valence-corrected chi connectivity index (χ3v) is 3.68. The first kappa shape index (κ1) is 10.7. The van der Waals surface area contributed by atoms with Crippen LogP contribution >= 0.6 is 0 Å². The van der Waals surface area contributed by atoms with Crippen molar-refractivity contribution in [3.05, 3.63) is 24.2 Å². The van der Waals surface area contributed by atoms with Gasteiger partial charge in [-0.2, -0.15) is 0 Å². The molecule has 1 aliphatic rings. The van der Waals surface area contributed by atoms with Crippen LogP contribution in [-0.4, -0.2) is 29.6 Å². The zero-order chi connectivity index (χ0) is 10.9. The lowest BCUT2D eigenvalue weighted by atomic mass is 9.87. The molecular weight excluding hydrogens is 190 g/mol. The number of hydrogen-bond donors (Lipinski definition) is 1. The molecule has 0 spiro atoms. The SMILES string of the molecule is CN(C)C1(C(O)c2ccco2)CCCC1. The molecule has 0 aromatic carbocycles. The molecule has 0 saturated heterocycles. The predicted molar refractivity (Wildman–Crippen MR) is 58.6 cm³/mol. The summed E-state index contributed by atoms with van der Waals surface area (Å²) in [6, 6.07) is 3.69. The molecule has 1 atom stereocenters. The molecule has 3 nitrogen and oxygen atoms in total. The van der Waals surface area contributed by atoms with Crippen LogP contribution < -0.4 is 0 Å². The average Bonchev–Trinajstić information content (AvgIpc) is 2.89. The maximum Gasteiger partial charge on any atom is 0.134 e. The Morgan fingerprint density at radius 3 is 2.53 bits per heavy atom. The molecule has 1 unspecified atom stereocenters. The molecule has 0 radical (unpaired) electrons. The first-order valence-corrected chi connectivity index (χ1v) is 5.56. The Balaban J connectivity index is 2.25. The summed E-state index contributed by atoms with van der Waals surface area (Å²) in [6.07, 6.45) is 5.58. The van der Waals surface area contributed by atoms with Crippen LogP contribution in [-0.2, 0) is 0 Å². The van der Waals surface area contributed by atoms with Gasteiger partial charge in [-0.25, -0.2) is 0 Å². The van der Waals surface area contributed by atoms with E-state index in [2.05, 4.69) is 4.90 Å². The number of aliphatic hydroxyl groups is 1. The van der Waals surface area contributed by atoms with Gasteiger partial charge in [0.2, 0.25) is 0 Å². The quantitative estimate of drug-likeness (QED) is 0.829. The number of aliphatic hydroxyl groups excluding tert-OH is 1. The van der Waals surface area contributed by atoms with Crippen LogP contribution in [0.1, 0.15) is 37.5 Å². The molecule has 1 N–H and O–H groups in total. The van der Waals surface area contributed by atoms with E-state index in [1.54, 1.807) is 6.26 Å². The summed E-state index contributed by atoms with van der Waals surface area (Å²) < 4.78 is 5.31. The van der Waals surface area contributed by atoms with Crippen LogP contribution in [0.2, 0.25) is 0 Å². The minimum absolute atomic E-state index is 0.127. The summed E-state index contributed by atoms with van der Waals surface area (Å²) in [5.74, 6) is 0.686. The molecule has 1 aromatic heterocycles. The first-order chi connectivity index (χ1) is 7.17. The van der Waals surface area contributed by atoms with Crippen LogP contribution in [0.3, 0.4) is 0 Å². The van der Waals surface area contributed by atoms with Crippen LogP contribution in [0.4, 0.5) is 0 Å². The van der Waals surface area contributed by atoms with E-state index < -0.39 is 6.10 Å². The lowest BCUT2D eigenvalue weighted by Gasteiger charge is -2.39. The second-order valence-corrected chi connectivity index (χ2v) is 4.62. The summed E-state index contributed by atoms with van der Waals surface area (Å²) in [5, 5.41) is 10.4. The highest BCUT2D eigenvalue weighted by atomic mass is 16.4. The standard InChI is InChI=1S/C12H19NO2/c1-13(2)12(7-3-4-8-12)11(14)10-6-5-9-15-10/h5-6,9,11,14H,3-4,7-8H2,1-2H3. The minimum atomic E-state index is -0.509. The van der Waals surface area contributed by atoms with Gasteiger partial charge in [-0.15, -0.1) is 0 Å². The summed E-state index contributed by atoms with van der Waals surface area (Å²) in [4.78, 5) is 2.15. The molecule has 0 amide bonds. The summed E-state index contributed by atoms with van der Waals surface area (Å²) in [6.45, 7) is 0. The van der Waals surface area contributed by atoms with Crippen molar-refractivity contribution in [3.63, 3.8) is 0 Å². The lowest BCUT2D eigenvalue weighted by Crippen LogP contribution is -2.46. The molecule has 2 rings (SSSR count). The third kappa shape index (κ3) is 1.70. The minimum Gasteiger partial charge on any atom is -0.467 e. The predicted octanol–water partition coefficient (Wildman–Crippen LogP) is 2.19. The van der Waals surface area contributed by atoms with Crippen molar-refractivity contribution in [3.8, 4) is 0 Å². The van der Waals surface area contributed by atoms with Gasteiger partial charge in [-0.1, -0.05) is 12.8 Å². The second-order valence-electron chi connectivity index (χ2n) is 4.62. The van der Waals surface area contributed by atoms with Crippen LogP contribution in [0, 0.1) is 0 Å². The number of likely N-dealkylation sites (N-methyl/N-ethyl adjacent to an activating group) is 1. The molecule has 1 fully saturated rings. The number of furan rings is 1. The Bertz CT molecular complexity index is 299. The van der Waals surface area contributed by atoms with Crippen molar-refractivity contribution >= 4 is 0 Å². The van der Waals surface area contributed by atoms with Gasteiger partial charge in [-0.05, 0) is 39.1 Å². The summed E-state index contributed by atoms with van der Waals surface area (Å²) in [7, 11) is 4.08. The van der Waals surface area contributed by atoms with Crippen molar-refractivity contribution in [1.29, 1.82) is 0 Å². The number of rotatable bonds is 3. The van der Waals surface area contributed by atoms with E-state index in [9.17, 15) is 5.11 Å². The van der Waals surface area contributed by atoms with Crippen molar-refractivity contribution in [2.45, 2.75) is 37.3 Å². The van der Waals surface area contributed by atoms with Gasteiger partial charge in [0.15, 0.2) is 0 Å². The summed E-state index contributed by atoms with van der Waals surface area (Å²) >= 11 is 0. The topological polar surface area (TPSA) is 36.6 Å². The highest BCUT2D eigenvalue weighted by Gasteiger charge is 2.44. The van der Waals surface area contributed by atoms with Gasteiger partial charge < -0.3 is 14.4 Å². The van der Waals surface area contributed by atoms with Gasteiger partial charge in [0.25, 0.3) is 0 Å². The first-order valence-electron chi connectivity index (χ1n) is 5.56. The maximum atomic E-state index is 10.4. The van der Waals surface area contributed by atoms with Crippen LogP contribution in [0.15, 0.2) is 22.8 Å². The molecule has 15 heavy (non-hydrogen) atoms. The maximum absolute atomic E-state index is 10.4. The fourth-order valence-electron chi connectivity index (χ4n) is 2.66. The highest BCUT2D eigenvalue weighted by Crippen LogP contribution is 2.43. The Labute approximate surface area is 90.7 Å². The zero-order valence-electron chi connectivity index (χ0n) is 9.44. The number of hydrogen-bond acceptors (Lipinski definition) is 3. The lowest BCUT2D eigenvalue weighted by molar-refractivity contribution is -0.0171. The van der Waals surface area contributed by atoms with Crippen molar-refractivity contribution in [2.75, 3.05) is 14.1 Å². The molecule has 3 heteroatoms. The number of nitrogens with zero attached hydrogens (tertiary/aromatic N) is 1. The summed E-state index contributed by atoms with van der Waals surface area (Å²) in [5.41, 5.74) is -0.127. The molecule has 0 aliphatic heterocycles. The molecule has 1 aliphatic carbocycles. The van der Waals surface area contributed by atoms with Crippen molar-refractivity contribution < 1.29 is 9.52 Å². The smallest absolute Gasteiger partial charge is 0.134 e. The Kier molecular flexibility index (Phi) is 2.85. The average molecular weight is 209 g/mol. The Morgan fingerprint density at radius 1 is 1.40 bits per heavy atom. The van der Waals surface area contributed by atoms with E-state index >= 15 is 0 Å².